The van der Waals surface area contributed by atoms with Crippen LogP contribution in [0.4, 0.5) is 0 Å². The zero-order valence-electron chi connectivity index (χ0n) is 15.2. The molecular weight excluding hydrogens is 348 g/mol. The number of hydrogen-bond acceptors (Lipinski definition) is 4. The summed E-state index contributed by atoms with van der Waals surface area (Å²) in [5.41, 5.74) is 3.22. The first-order chi connectivity index (χ1) is 12.6. The molecule has 2 aromatic heterocycles. The average Bonchev–Trinajstić information content (AvgIpc) is 2.92. The van der Waals surface area contributed by atoms with Crippen LogP contribution >= 0.6 is 11.6 Å². The standard InChI is InChI=1S/C20H23ClN4O/c1-14-9-15(2)25(23-14)13-18-12-24(7-8-26-18)11-17-10-16-5-3-4-6-19(16)20(21)22-17/h3-6,9-10,18H,7-8,11-13H2,1-2H3. The molecule has 1 aliphatic rings. The molecule has 0 amide bonds. The lowest BCUT2D eigenvalue weighted by Crippen LogP contribution is -2.44. The van der Waals surface area contributed by atoms with E-state index >= 15 is 0 Å². The summed E-state index contributed by atoms with van der Waals surface area (Å²) in [4.78, 5) is 6.97. The Hall–Kier alpha value is -1.95. The van der Waals surface area contributed by atoms with Crippen molar-refractivity contribution in [3.8, 4) is 0 Å². The van der Waals surface area contributed by atoms with Gasteiger partial charge in [-0.2, -0.15) is 5.10 Å². The molecule has 0 saturated carbocycles. The largest absolute Gasteiger partial charge is 0.374 e. The number of fused-ring (bicyclic) bond motifs is 1. The zero-order valence-corrected chi connectivity index (χ0v) is 15.9. The van der Waals surface area contributed by atoms with Crippen LogP contribution in [0.25, 0.3) is 10.8 Å². The quantitative estimate of drug-likeness (QED) is 0.658. The van der Waals surface area contributed by atoms with Crippen molar-refractivity contribution < 1.29 is 4.74 Å². The van der Waals surface area contributed by atoms with Crippen molar-refractivity contribution in [2.24, 2.45) is 0 Å². The second-order valence-corrected chi connectivity index (χ2v) is 7.32. The van der Waals surface area contributed by atoms with E-state index in [1.54, 1.807) is 0 Å². The van der Waals surface area contributed by atoms with Crippen LogP contribution in [0.3, 0.4) is 0 Å². The van der Waals surface area contributed by atoms with Gasteiger partial charge in [-0.05, 0) is 31.4 Å². The number of halogens is 1. The number of aryl methyl sites for hydroxylation is 2. The number of nitrogens with zero attached hydrogens (tertiary/aromatic N) is 4. The van der Waals surface area contributed by atoms with E-state index in [2.05, 4.69) is 40.1 Å². The highest BCUT2D eigenvalue weighted by Gasteiger charge is 2.22. The Morgan fingerprint density at radius 1 is 1.23 bits per heavy atom. The maximum atomic E-state index is 6.37. The number of benzene rings is 1. The lowest BCUT2D eigenvalue weighted by atomic mass is 10.1. The maximum absolute atomic E-state index is 6.37. The van der Waals surface area contributed by atoms with Gasteiger partial charge in [-0.3, -0.25) is 9.58 Å². The van der Waals surface area contributed by atoms with E-state index in [-0.39, 0.29) is 6.10 Å². The highest BCUT2D eigenvalue weighted by Crippen LogP contribution is 2.23. The number of pyridine rings is 1. The van der Waals surface area contributed by atoms with Crippen LogP contribution in [0.5, 0.6) is 0 Å². The first kappa shape index (κ1) is 17.5. The van der Waals surface area contributed by atoms with Crippen LogP contribution in [0.1, 0.15) is 17.1 Å². The SMILES string of the molecule is Cc1cc(C)n(CC2CN(Cc3cc4ccccc4c(Cl)n3)CCO2)n1. The molecule has 1 aliphatic heterocycles. The van der Waals surface area contributed by atoms with E-state index in [9.17, 15) is 0 Å². The summed E-state index contributed by atoms with van der Waals surface area (Å²) in [6, 6.07) is 12.3. The Labute approximate surface area is 158 Å². The molecule has 0 N–H and O–H groups in total. The Balaban J connectivity index is 1.46. The molecule has 0 bridgehead atoms. The Bertz CT molecular complexity index is 923. The molecule has 1 unspecified atom stereocenters. The minimum absolute atomic E-state index is 0.137. The van der Waals surface area contributed by atoms with Crippen molar-refractivity contribution >= 4 is 22.4 Å². The van der Waals surface area contributed by atoms with Gasteiger partial charge in [0, 0.05) is 30.7 Å². The van der Waals surface area contributed by atoms with Crippen LogP contribution in [0.2, 0.25) is 5.15 Å². The maximum Gasteiger partial charge on any atom is 0.137 e. The molecule has 0 spiro atoms. The normalized spacial score (nSPS) is 18.5. The molecule has 3 aromatic rings. The Kier molecular flexibility index (Phi) is 4.94. The van der Waals surface area contributed by atoms with E-state index in [0.29, 0.717) is 5.15 Å². The molecule has 1 aromatic carbocycles. The van der Waals surface area contributed by atoms with Gasteiger partial charge < -0.3 is 4.74 Å². The van der Waals surface area contributed by atoms with Gasteiger partial charge in [0.05, 0.1) is 30.6 Å². The molecule has 1 atom stereocenters. The zero-order chi connectivity index (χ0) is 18.1. The summed E-state index contributed by atoms with van der Waals surface area (Å²) in [6.45, 7) is 8.16. The van der Waals surface area contributed by atoms with Crippen molar-refractivity contribution in [3.05, 3.63) is 58.6 Å². The molecule has 0 radical (unpaired) electrons. The summed E-state index contributed by atoms with van der Waals surface area (Å²) in [5, 5.41) is 7.26. The number of ether oxygens (including phenoxy) is 1. The Morgan fingerprint density at radius 3 is 2.88 bits per heavy atom. The van der Waals surface area contributed by atoms with Crippen molar-refractivity contribution in [1.82, 2.24) is 19.7 Å². The summed E-state index contributed by atoms with van der Waals surface area (Å²) in [5.74, 6) is 0. The van der Waals surface area contributed by atoms with Crippen LogP contribution in [0.15, 0.2) is 36.4 Å². The number of morpholine rings is 1. The monoisotopic (exact) mass is 370 g/mol. The second kappa shape index (κ2) is 7.35. The molecular formula is C20H23ClN4O. The topological polar surface area (TPSA) is 43.2 Å². The van der Waals surface area contributed by atoms with E-state index in [1.165, 1.54) is 5.69 Å². The van der Waals surface area contributed by atoms with Gasteiger partial charge in [-0.15, -0.1) is 0 Å². The summed E-state index contributed by atoms with van der Waals surface area (Å²) < 4.78 is 8.00. The highest BCUT2D eigenvalue weighted by atomic mass is 35.5. The first-order valence-electron chi connectivity index (χ1n) is 8.97. The highest BCUT2D eigenvalue weighted by molar-refractivity contribution is 6.34. The third-order valence-electron chi connectivity index (χ3n) is 4.84. The number of aromatic nitrogens is 3. The van der Waals surface area contributed by atoms with E-state index < -0.39 is 0 Å². The molecule has 3 heterocycles. The van der Waals surface area contributed by atoms with Crippen molar-refractivity contribution in [1.29, 1.82) is 0 Å². The van der Waals surface area contributed by atoms with Gasteiger partial charge in [0.15, 0.2) is 0 Å². The fourth-order valence-electron chi connectivity index (χ4n) is 3.61. The third kappa shape index (κ3) is 3.75. The van der Waals surface area contributed by atoms with Gasteiger partial charge in [0.1, 0.15) is 5.15 Å². The molecule has 26 heavy (non-hydrogen) atoms. The third-order valence-corrected chi connectivity index (χ3v) is 5.12. The van der Waals surface area contributed by atoms with Crippen molar-refractivity contribution in [2.75, 3.05) is 19.7 Å². The van der Waals surface area contributed by atoms with Crippen LogP contribution < -0.4 is 0 Å². The fourth-order valence-corrected chi connectivity index (χ4v) is 3.89. The van der Waals surface area contributed by atoms with Crippen LogP contribution in [0, 0.1) is 13.8 Å². The predicted molar refractivity (Wildman–Crippen MR) is 103 cm³/mol. The van der Waals surface area contributed by atoms with E-state index in [0.717, 1.165) is 54.9 Å². The van der Waals surface area contributed by atoms with Gasteiger partial charge in [-0.25, -0.2) is 4.98 Å². The molecule has 0 aliphatic carbocycles. The Morgan fingerprint density at radius 2 is 2.08 bits per heavy atom. The van der Waals surface area contributed by atoms with E-state index in [1.807, 2.05) is 29.8 Å². The van der Waals surface area contributed by atoms with Crippen LogP contribution in [-0.2, 0) is 17.8 Å². The number of hydrogen-bond donors (Lipinski definition) is 0. The molecule has 6 heteroatoms. The van der Waals surface area contributed by atoms with Crippen molar-refractivity contribution in [2.45, 2.75) is 33.0 Å². The molecule has 5 nitrogen and oxygen atoms in total. The van der Waals surface area contributed by atoms with Crippen molar-refractivity contribution in [3.63, 3.8) is 0 Å². The summed E-state index contributed by atoms with van der Waals surface area (Å²) in [6.07, 6.45) is 0.137. The average molecular weight is 371 g/mol. The fraction of sp³-hybridized carbons (Fsp3) is 0.400. The predicted octanol–water partition coefficient (Wildman–Crippen LogP) is 3.60. The molecule has 1 saturated heterocycles. The minimum Gasteiger partial charge on any atom is -0.374 e. The molecule has 1 fully saturated rings. The minimum atomic E-state index is 0.137. The smallest absolute Gasteiger partial charge is 0.137 e. The summed E-state index contributed by atoms with van der Waals surface area (Å²) >= 11 is 6.37. The number of rotatable bonds is 4. The van der Waals surface area contributed by atoms with Gasteiger partial charge >= 0.3 is 0 Å². The second-order valence-electron chi connectivity index (χ2n) is 6.96. The van der Waals surface area contributed by atoms with E-state index in [4.69, 9.17) is 16.3 Å². The van der Waals surface area contributed by atoms with Gasteiger partial charge in [0.25, 0.3) is 0 Å². The lowest BCUT2D eigenvalue weighted by Gasteiger charge is -2.32. The molecule has 4 rings (SSSR count). The summed E-state index contributed by atoms with van der Waals surface area (Å²) in [7, 11) is 0. The van der Waals surface area contributed by atoms with Gasteiger partial charge in [0.2, 0.25) is 0 Å². The molecule has 136 valence electrons. The van der Waals surface area contributed by atoms with Gasteiger partial charge in [-0.1, -0.05) is 35.9 Å². The lowest BCUT2D eigenvalue weighted by molar-refractivity contribution is -0.0408. The van der Waals surface area contributed by atoms with Crippen LogP contribution in [-0.4, -0.2) is 45.5 Å². The first-order valence-corrected chi connectivity index (χ1v) is 9.35.